The Kier molecular flexibility index (Phi) is 7.38. The van der Waals surface area contributed by atoms with Crippen LogP contribution in [0.1, 0.15) is 90.4 Å². The van der Waals surface area contributed by atoms with E-state index in [1.54, 1.807) is 31.3 Å². The number of aromatic nitrogens is 1. The van der Waals surface area contributed by atoms with Gasteiger partial charge in [-0.1, -0.05) is 13.8 Å². The minimum Gasteiger partial charge on any atom is -0.382 e. The smallest absolute Gasteiger partial charge is 0.251 e. The molecule has 35 heavy (non-hydrogen) atoms. The summed E-state index contributed by atoms with van der Waals surface area (Å²) in [5, 5.41) is 6.59. The Labute approximate surface area is 206 Å². The van der Waals surface area contributed by atoms with Gasteiger partial charge in [-0.05, 0) is 75.8 Å². The van der Waals surface area contributed by atoms with Gasteiger partial charge in [0, 0.05) is 47.2 Å². The zero-order valence-electron chi connectivity index (χ0n) is 20.7. The number of carbonyl (C=O) groups excluding carboxylic acids is 3. The molecule has 2 bridgehead atoms. The Balaban J connectivity index is 1.45. The number of anilines is 2. The van der Waals surface area contributed by atoms with Gasteiger partial charge in [0.2, 0.25) is 0 Å². The summed E-state index contributed by atoms with van der Waals surface area (Å²) >= 11 is 0. The van der Waals surface area contributed by atoms with Crippen LogP contribution in [0.3, 0.4) is 0 Å². The van der Waals surface area contributed by atoms with Crippen LogP contribution in [0.4, 0.5) is 11.5 Å². The second-order valence-corrected chi connectivity index (χ2v) is 9.68. The minimum atomic E-state index is -0.515. The molecule has 2 saturated heterocycles. The fraction of sp³-hybridized carbons (Fsp3) is 0.481. The van der Waals surface area contributed by atoms with Gasteiger partial charge in [-0.2, -0.15) is 0 Å². The van der Waals surface area contributed by atoms with E-state index in [1.807, 2.05) is 12.1 Å². The third-order valence-electron chi connectivity index (χ3n) is 7.38. The summed E-state index contributed by atoms with van der Waals surface area (Å²) < 4.78 is 0. The second kappa shape index (κ2) is 10.5. The topological polar surface area (TPSA) is 117 Å². The summed E-state index contributed by atoms with van der Waals surface area (Å²) in [6, 6.07) is 9.67. The van der Waals surface area contributed by atoms with Gasteiger partial charge in [0.05, 0.1) is 5.56 Å². The summed E-state index contributed by atoms with van der Waals surface area (Å²) in [5.41, 5.74) is 7.69. The molecule has 0 saturated carbocycles. The van der Waals surface area contributed by atoms with Crippen molar-refractivity contribution in [1.82, 2.24) is 10.3 Å². The molecule has 4 N–H and O–H groups in total. The van der Waals surface area contributed by atoms with Gasteiger partial charge in [0.25, 0.3) is 11.8 Å². The molecule has 186 valence electrons. The lowest BCUT2D eigenvalue weighted by atomic mass is 9.96. The van der Waals surface area contributed by atoms with Crippen LogP contribution >= 0.6 is 0 Å². The maximum atomic E-state index is 13.1. The van der Waals surface area contributed by atoms with Crippen LogP contribution in [-0.4, -0.2) is 46.7 Å². The number of carbonyl (C=O) groups is 3. The maximum Gasteiger partial charge on any atom is 0.251 e. The van der Waals surface area contributed by atoms with Gasteiger partial charge in [-0.15, -0.1) is 0 Å². The highest BCUT2D eigenvalue weighted by atomic mass is 16.2. The standard InChI is InChI=1S/C27H35N5O3/c1-4-19(5-2)30-24-12-17(6-10-23(24)26(28)34)27(35)31-20-13-21-8-9-22(14-20)32(21)25-11-7-18(15-29-25)16(3)33/h6-7,10-12,15,19-22,30H,4-5,8-9,13-14H2,1-3H3,(H2,28,34)(H,31,35). The van der Waals surface area contributed by atoms with Crippen molar-refractivity contribution in [3.05, 3.63) is 53.2 Å². The highest BCUT2D eigenvalue weighted by Gasteiger charge is 2.41. The zero-order valence-corrected chi connectivity index (χ0v) is 20.7. The SMILES string of the molecule is CCC(CC)Nc1cc(C(=O)NC2CC3CCC(C2)N3c2ccc(C(C)=O)cn2)ccc1C(N)=O. The van der Waals surface area contributed by atoms with E-state index in [9.17, 15) is 14.4 Å². The molecule has 0 radical (unpaired) electrons. The quantitative estimate of drug-likeness (QED) is 0.471. The van der Waals surface area contributed by atoms with Crippen LogP contribution in [0.25, 0.3) is 0 Å². The first kappa shape index (κ1) is 24.7. The number of Topliss-reactive ketones (excluding diaryl/α,β-unsaturated/α-hetero) is 1. The van der Waals surface area contributed by atoms with Gasteiger partial charge >= 0.3 is 0 Å². The molecule has 8 nitrogen and oxygen atoms in total. The molecule has 2 aliphatic heterocycles. The molecular weight excluding hydrogens is 442 g/mol. The van der Waals surface area contributed by atoms with Crippen molar-refractivity contribution in [2.24, 2.45) is 5.73 Å². The average molecular weight is 478 g/mol. The van der Waals surface area contributed by atoms with E-state index in [1.165, 1.54) is 0 Å². The molecule has 2 amide bonds. The van der Waals surface area contributed by atoms with Gasteiger partial charge in [-0.3, -0.25) is 14.4 Å². The third-order valence-corrected chi connectivity index (χ3v) is 7.38. The lowest BCUT2D eigenvalue weighted by molar-refractivity contribution is 0.0924. The number of piperidine rings is 1. The number of primary amides is 1. The second-order valence-electron chi connectivity index (χ2n) is 9.68. The average Bonchev–Trinajstić information content (AvgIpc) is 3.12. The lowest BCUT2D eigenvalue weighted by Gasteiger charge is -2.40. The maximum absolute atomic E-state index is 13.1. The van der Waals surface area contributed by atoms with Crippen molar-refractivity contribution in [1.29, 1.82) is 0 Å². The van der Waals surface area contributed by atoms with Gasteiger partial charge in [-0.25, -0.2) is 4.98 Å². The number of pyridine rings is 1. The molecule has 2 aromatic rings. The van der Waals surface area contributed by atoms with E-state index in [2.05, 4.69) is 34.4 Å². The van der Waals surface area contributed by atoms with Crippen molar-refractivity contribution in [2.75, 3.05) is 10.2 Å². The number of amides is 2. The van der Waals surface area contributed by atoms with Gasteiger partial charge < -0.3 is 21.3 Å². The fourth-order valence-electron chi connectivity index (χ4n) is 5.42. The summed E-state index contributed by atoms with van der Waals surface area (Å²) in [6.07, 6.45) is 7.26. The van der Waals surface area contributed by atoms with Crippen LogP contribution in [0.15, 0.2) is 36.5 Å². The first-order valence-corrected chi connectivity index (χ1v) is 12.6. The Bertz CT molecular complexity index is 1080. The normalized spacial score (nSPS) is 21.1. The monoisotopic (exact) mass is 477 g/mol. The van der Waals surface area contributed by atoms with E-state index in [0.29, 0.717) is 34.5 Å². The molecule has 4 rings (SSSR count). The van der Waals surface area contributed by atoms with E-state index in [0.717, 1.165) is 44.3 Å². The molecule has 3 heterocycles. The highest BCUT2D eigenvalue weighted by molar-refractivity contribution is 6.02. The fourth-order valence-corrected chi connectivity index (χ4v) is 5.42. The van der Waals surface area contributed by atoms with Crippen LogP contribution < -0.4 is 21.3 Å². The number of benzene rings is 1. The van der Waals surface area contributed by atoms with Crippen LogP contribution in [-0.2, 0) is 0 Å². The highest BCUT2D eigenvalue weighted by Crippen LogP contribution is 2.38. The minimum absolute atomic E-state index is 0.00979. The molecule has 1 aromatic carbocycles. The Hall–Kier alpha value is -3.42. The first-order valence-electron chi connectivity index (χ1n) is 12.6. The first-order chi connectivity index (χ1) is 16.8. The van der Waals surface area contributed by atoms with E-state index < -0.39 is 5.91 Å². The Morgan fingerprint density at radius 2 is 1.71 bits per heavy atom. The molecule has 2 aliphatic rings. The number of nitrogens with two attached hydrogens (primary N) is 1. The van der Waals surface area contributed by atoms with Crippen molar-refractivity contribution >= 4 is 29.1 Å². The summed E-state index contributed by atoms with van der Waals surface area (Å²) in [4.78, 5) is 43.5. The number of hydrogen-bond acceptors (Lipinski definition) is 6. The Morgan fingerprint density at radius 1 is 1.06 bits per heavy atom. The summed E-state index contributed by atoms with van der Waals surface area (Å²) in [7, 11) is 0. The van der Waals surface area contributed by atoms with Gasteiger partial charge in [0.15, 0.2) is 5.78 Å². The van der Waals surface area contributed by atoms with Crippen molar-refractivity contribution in [3.63, 3.8) is 0 Å². The molecule has 2 fully saturated rings. The predicted molar refractivity (Wildman–Crippen MR) is 137 cm³/mol. The van der Waals surface area contributed by atoms with Crippen LogP contribution in [0, 0.1) is 0 Å². The number of nitrogens with zero attached hydrogens (tertiary/aromatic N) is 2. The largest absolute Gasteiger partial charge is 0.382 e. The van der Waals surface area contributed by atoms with Crippen LogP contribution in [0.2, 0.25) is 0 Å². The molecular formula is C27H35N5O3. The van der Waals surface area contributed by atoms with Crippen LogP contribution in [0.5, 0.6) is 0 Å². The Morgan fingerprint density at radius 3 is 2.26 bits per heavy atom. The van der Waals surface area contributed by atoms with E-state index in [-0.39, 0.29) is 23.8 Å². The number of nitrogens with one attached hydrogen (secondary N) is 2. The zero-order chi connectivity index (χ0) is 25.1. The predicted octanol–water partition coefficient (Wildman–Crippen LogP) is 3.91. The molecule has 1 aromatic heterocycles. The van der Waals surface area contributed by atoms with Gasteiger partial charge in [0.1, 0.15) is 5.82 Å². The van der Waals surface area contributed by atoms with E-state index >= 15 is 0 Å². The van der Waals surface area contributed by atoms with E-state index in [4.69, 9.17) is 5.73 Å². The molecule has 0 aliphatic carbocycles. The molecule has 0 spiro atoms. The summed E-state index contributed by atoms with van der Waals surface area (Å²) in [5.74, 6) is 0.247. The van der Waals surface area contributed by atoms with Crippen molar-refractivity contribution in [2.45, 2.75) is 83.5 Å². The lowest BCUT2D eigenvalue weighted by Crippen LogP contribution is -2.50. The molecule has 2 unspecified atom stereocenters. The molecule has 8 heteroatoms. The number of hydrogen-bond donors (Lipinski definition) is 3. The number of rotatable bonds is 9. The van der Waals surface area contributed by atoms with Crippen molar-refractivity contribution < 1.29 is 14.4 Å². The number of ketones is 1. The molecule has 2 atom stereocenters. The number of fused-ring (bicyclic) bond motifs is 2. The third kappa shape index (κ3) is 5.31. The van der Waals surface area contributed by atoms with Crippen molar-refractivity contribution in [3.8, 4) is 0 Å². The summed E-state index contributed by atoms with van der Waals surface area (Å²) in [6.45, 7) is 5.70.